The summed E-state index contributed by atoms with van der Waals surface area (Å²) in [4.78, 5) is 4.18. The smallest absolute Gasteiger partial charge is 0.0667 e. The Morgan fingerprint density at radius 1 is 1.47 bits per heavy atom. The molecule has 78 valence electrons. The van der Waals surface area contributed by atoms with Crippen molar-refractivity contribution in [2.45, 2.75) is 25.4 Å². The lowest BCUT2D eigenvalue weighted by atomic mass is 10.2. The molecule has 2 aromatic rings. The summed E-state index contributed by atoms with van der Waals surface area (Å²) in [6.45, 7) is 2.23. The van der Waals surface area contributed by atoms with E-state index in [2.05, 4.69) is 33.2 Å². The Hall–Kier alpha value is -1.35. The van der Waals surface area contributed by atoms with Crippen molar-refractivity contribution in [2.75, 3.05) is 6.54 Å². The van der Waals surface area contributed by atoms with Gasteiger partial charge in [0.1, 0.15) is 0 Å². The highest BCUT2D eigenvalue weighted by Crippen LogP contribution is 2.16. The molecule has 15 heavy (non-hydrogen) atoms. The van der Waals surface area contributed by atoms with Gasteiger partial charge in [-0.15, -0.1) is 0 Å². The van der Waals surface area contributed by atoms with Crippen LogP contribution in [-0.4, -0.2) is 22.1 Å². The van der Waals surface area contributed by atoms with Gasteiger partial charge >= 0.3 is 0 Å². The second-order valence-corrected chi connectivity index (χ2v) is 4.20. The summed E-state index contributed by atoms with van der Waals surface area (Å²) < 4.78 is 2.30. The van der Waals surface area contributed by atoms with Crippen LogP contribution in [-0.2, 0) is 6.54 Å². The van der Waals surface area contributed by atoms with Crippen molar-refractivity contribution in [3.05, 3.63) is 30.7 Å². The summed E-state index contributed by atoms with van der Waals surface area (Å²) in [5.41, 5.74) is 1.24. The molecule has 1 fully saturated rings. The molecule has 1 unspecified atom stereocenters. The average molecular weight is 201 g/mol. The average Bonchev–Trinajstić information content (AvgIpc) is 2.89. The zero-order valence-corrected chi connectivity index (χ0v) is 8.69. The van der Waals surface area contributed by atoms with Gasteiger partial charge in [-0.1, -0.05) is 0 Å². The molecule has 0 radical (unpaired) electrons. The summed E-state index contributed by atoms with van der Waals surface area (Å²) in [5.74, 6) is 0. The highest BCUT2D eigenvalue weighted by atomic mass is 15.0. The molecule has 3 heteroatoms. The summed E-state index contributed by atoms with van der Waals surface area (Å²) >= 11 is 0. The normalized spacial score (nSPS) is 21.2. The van der Waals surface area contributed by atoms with Crippen molar-refractivity contribution >= 4 is 10.9 Å². The zero-order chi connectivity index (χ0) is 10.1. The van der Waals surface area contributed by atoms with Gasteiger partial charge in [-0.25, -0.2) is 0 Å². The number of aromatic nitrogens is 2. The van der Waals surface area contributed by atoms with Crippen LogP contribution in [0.3, 0.4) is 0 Å². The molecule has 3 nitrogen and oxygen atoms in total. The van der Waals surface area contributed by atoms with Crippen molar-refractivity contribution < 1.29 is 0 Å². The molecule has 0 amide bonds. The molecule has 1 aliphatic heterocycles. The zero-order valence-electron chi connectivity index (χ0n) is 8.69. The molecule has 3 heterocycles. The van der Waals surface area contributed by atoms with Gasteiger partial charge in [0.25, 0.3) is 0 Å². The van der Waals surface area contributed by atoms with E-state index in [0.29, 0.717) is 6.04 Å². The highest BCUT2D eigenvalue weighted by Gasteiger charge is 2.14. The van der Waals surface area contributed by atoms with Crippen LogP contribution in [0.4, 0.5) is 0 Å². The summed E-state index contributed by atoms with van der Waals surface area (Å²) in [6, 6.07) is 4.86. The molecule has 1 N–H and O–H groups in total. The van der Waals surface area contributed by atoms with E-state index in [1.807, 2.05) is 12.4 Å². The van der Waals surface area contributed by atoms with Crippen molar-refractivity contribution in [1.29, 1.82) is 0 Å². The lowest BCUT2D eigenvalue weighted by molar-refractivity contribution is 0.519. The minimum Gasteiger partial charge on any atom is -0.345 e. The predicted molar refractivity (Wildman–Crippen MR) is 60.8 cm³/mol. The fourth-order valence-corrected chi connectivity index (χ4v) is 2.34. The van der Waals surface area contributed by atoms with Crippen LogP contribution in [0, 0.1) is 0 Å². The Labute approximate surface area is 89.1 Å². The lowest BCUT2D eigenvalue weighted by Crippen LogP contribution is -2.26. The summed E-state index contributed by atoms with van der Waals surface area (Å²) in [5, 5.41) is 4.80. The van der Waals surface area contributed by atoms with Gasteiger partial charge in [-0.3, -0.25) is 4.98 Å². The van der Waals surface area contributed by atoms with E-state index in [9.17, 15) is 0 Å². The fraction of sp³-hybridized carbons (Fsp3) is 0.417. The van der Waals surface area contributed by atoms with Gasteiger partial charge in [0.15, 0.2) is 0 Å². The Kier molecular flexibility index (Phi) is 2.18. The Balaban J connectivity index is 1.90. The van der Waals surface area contributed by atoms with Crippen molar-refractivity contribution in [1.82, 2.24) is 14.9 Å². The van der Waals surface area contributed by atoms with Crippen LogP contribution in [0.2, 0.25) is 0 Å². The van der Waals surface area contributed by atoms with E-state index in [1.54, 1.807) is 0 Å². The van der Waals surface area contributed by atoms with E-state index >= 15 is 0 Å². The minimum atomic E-state index is 0.640. The molecule has 0 aliphatic carbocycles. The van der Waals surface area contributed by atoms with E-state index < -0.39 is 0 Å². The maximum atomic E-state index is 4.18. The molecule has 3 rings (SSSR count). The van der Waals surface area contributed by atoms with Crippen LogP contribution >= 0.6 is 0 Å². The second-order valence-electron chi connectivity index (χ2n) is 4.20. The van der Waals surface area contributed by atoms with Crippen molar-refractivity contribution in [3.8, 4) is 0 Å². The maximum Gasteiger partial charge on any atom is 0.0667 e. The molecule has 1 saturated heterocycles. The fourth-order valence-electron chi connectivity index (χ4n) is 2.34. The van der Waals surface area contributed by atoms with Crippen LogP contribution < -0.4 is 5.32 Å². The van der Waals surface area contributed by atoms with Crippen LogP contribution in [0.5, 0.6) is 0 Å². The largest absolute Gasteiger partial charge is 0.345 e. The van der Waals surface area contributed by atoms with Gasteiger partial charge in [0.2, 0.25) is 0 Å². The third kappa shape index (κ3) is 1.63. The molecule has 0 spiro atoms. The number of hydrogen-bond acceptors (Lipinski definition) is 2. The first-order valence-electron chi connectivity index (χ1n) is 5.56. The third-order valence-corrected chi connectivity index (χ3v) is 3.16. The molecule has 1 atom stereocenters. The van der Waals surface area contributed by atoms with Gasteiger partial charge in [0, 0.05) is 30.4 Å². The van der Waals surface area contributed by atoms with E-state index in [1.165, 1.54) is 30.3 Å². The SMILES string of the molecule is c1cc2ccn(CC3CCCN3)c2cn1. The van der Waals surface area contributed by atoms with E-state index in [0.717, 1.165) is 6.54 Å². The molecule has 1 aliphatic rings. The molecule has 0 bridgehead atoms. The minimum absolute atomic E-state index is 0.640. The van der Waals surface area contributed by atoms with Gasteiger partial charge < -0.3 is 9.88 Å². The standard InChI is InChI=1S/C12H15N3/c1-2-11(14-5-1)9-15-7-4-10-3-6-13-8-12(10)15/h3-4,6-8,11,14H,1-2,5,9H2. The quantitative estimate of drug-likeness (QED) is 0.802. The topological polar surface area (TPSA) is 29.9 Å². The lowest BCUT2D eigenvalue weighted by Gasteiger charge is -2.12. The number of pyridine rings is 1. The summed E-state index contributed by atoms with van der Waals surface area (Å²) in [7, 11) is 0. The molecule has 0 saturated carbocycles. The molecular formula is C12H15N3. The van der Waals surface area contributed by atoms with Gasteiger partial charge in [-0.2, -0.15) is 0 Å². The Morgan fingerprint density at radius 2 is 2.47 bits per heavy atom. The monoisotopic (exact) mass is 201 g/mol. The maximum absolute atomic E-state index is 4.18. The van der Waals surface area contributed by atoms with E-state index in [-0.39, 0.29) is 0 Å². The molecule has 2 aromatic heterocycles. The molecular weight excluding hydrogens is 186 g/mol. The predicted octanol–water partition coefficient (Wildman–Crippen LogP) is 1.79. The van der Waals surface area contributed by atoms with Gasteiger partial charge in [0.05, 0.1) is 11.7 Å². The van der Waals surface area contributed by atoms with Gasteiger partial charge in [-0.05, 0) is 31.5 Å². The van der Waals surface area contributed by atoms with Crippen LogP contribution in [0.25, 0.3) is 10.9 Å². The number of fused-ring (bicyclic) bond motifs is 1. The summed E-state index contributed by atoms with van der Waals surface area (Å²) in [6.07, 6.45) is 8.55. The van der Waals surface area contributed by atoms with E-state index in [4.69, 9.17) is 0 Å². The Morgan fingerprint density at radius 3 is 3.33 bits per heavy atom. The number of nitrogens with one attached hydrogen (secondary N) is 1. The second kappa shape index (κ2) is 3.66. The van der Waals surface area contributed by atoms with Crippen LogP contribution in [0.15, 0.2) is 30.7 Å². The van der Waals surface area contributed by atoms with Crippen LogP contribution in [0.1, 0.15) is 12.8 Å². The third-order valence-electron chi connectivity index (χ3n) is 3.16. The highest BCUT2D eigenvalue weighted by molar-refractivity contribution is 5.78. The van der Waals surface area contributed by atoms with Crippen molar-refractivity contribution in [2.24, 2.45) is 0 Å². The number of hydrogen-bond donors (Lipinski definition) is 1. The number of rotatable bonds is 2. The van der Waals surface area contributed by atoms with Crippen molar-refractivity contribution in [3.63, 3.8) is 0 Å². The first-order valence-corrected chi connectivity index (χ1v) is 5.56. The number of nitrogens with zero attached hydrogens (tertiary/aromatic N) is 2. The first-order chi connectivity index (χ1) is 7.43. The molecule has 0 aromatic carbocycles. The Bertz CT molecular complexity index is 455. The first kappa shape index (κ1) is 8.92.